The number of carbonyl (C=O) groups excluding carboxylic acids is 3. The maximum Gasteiger partial charge on any atom is 0.407 e. The summed E-state index contributed by atoms with van der Waals surface area (Å²) in [5.41, 5.74) is 0. The SMILES string of the molecule is COC(=O)NC1CCN(C(=O)C(CS)NC(C)=O)C1. The molecule has 1 heterocycles. The fourth-order valence-corrected chi connectivity index (χ4v) is 2.20. The molecule has 0 aromatic carbocycles. The van der Waals surface area contributed by atoms with Crippen LogP contribution in [0, 0.1) is 0 Å². The molecule has 3 amide bonds. The fourth-order valence-electron chi connectivity index (χ4n) is 1.96. The normalized spacial score (nSPS) is 19.7. The molecule has 1 aliphatic heterocycles. The van der Waals surface area contributed by atoms with Crippen molar-refractivity contribution in [1.82, 2.24) is 15.5 Å². The second kappa shape index (κ2) is 7.22. The van der Waals surface area contributed by atoms with Gasteiger partial charge in [-0.1, -0.05) is 0 Å². The van der Waals surface area contributed by atoms with Crippen LogP contribution in [0.1, 0.15) is 13.3 Å². The molecule has 1 rings (SSSR count). The average molecular weight is 289 g/mol. The maximum atomic E-state index is 12.1. The highest BCUT2D eigenvalue weighted by molar-refractivity contribution is 7.80. The van der Waals surface area contributed by atoms with Crippen molar-refractivity contribution in [2.45, 2.75) is 25.4 Å². The Morgan fingerprint density at radius 2 is 2.16 bits per heavy atom. The highest BCUT2D eigenvalue weighted by atomic mass is 32.1. The highest BCUT2D eigenvalue weighted by Gasteiger charge is 2.31. The van der Waals surface area contributed by atoms with Crippen LogP contribution in [0.2, 0.25) is 0 Å². The number of nitrogens with one attached hydrogen (secondary N) is 2. The van der Waals surface area contributed by atoms with E-state index in [0.29, 0.717) is 19.5 Å². The number of amides is 3. The first kappa shape index (κ1) is 15.6. The van der Waals surface area contributed by atoms with Crippen molar-refractivity contribution in [3.05, 3.63) is 0 Å². The molecule has 0 radical (unpaired) electrons. The Morgan fingerprint density at radius 3 is 2.68 bits per heavy atom. The lowest BCUT2D eigenvalue weighted by Gasteiger charge is -2.22. The lowest BCUT2D eigenvalue weighted by Crippen LogP contribution is -2.49. The van der Waals surface area contributed by atoms with Crippen molar-refractivity contribution in [2.24, 2.45) is 0 Å². The summed E-state index contributed by atoms with van der Waals surface area (Å²) < 4.78 is 4.51. The Kier molecular flexibility index (Phi) is 5.94. The monoisotopic (exact) mass is 289 g/mol. The zero-order valence-corrected chi connectivity index (χ0v) is 11.9. The van der Waals surface area contributed by atoms with Gasteiger partial charge >= 0.3 is 6.09 Å². The van der Waals surface area contributed by atoms with Gasteiger partial charge in [0.2, 0.25) is 11.8 Å². The van der Waals surface area contributed by atoms with E-state index in [0.717, 1.165) is 0 Å². The maximum absolute atomic E-state index is 12.1. The number of carbonyl (C=O) groups is 3. The zero-order valence-electron chi connectivity index (χ0n) is 11.0. The van der Waals surface area contributed by atoms with Gasteiger partial charge in [-0.15, -0.1) is 0 Å². The van der Waals surface area contributed by atoms with Gasteiger partial charge in [0.1, 0.15) is 6.04 Å². The number of rotatable bonds is 4. The second-order valence-electron chi connectivity index (χ2n) is 4.34. The predicted molar refractivity (Wildman–Crippen MR) is 72.0 cm³/mol. The molecule has 2 N–H and O–H groups in total. The van der Waals surface area contributed by atoms with E-state index in [1.807, 2.05) is 0 Å². The molecule has 1 aliphatic rings. The molecular formula is C11H19N3O4S. The van der Waals surface area contributed by atoms with Crippen LogP contribution in [0.25, 0.3) is 0 Å². The smallest absolute Gasteiger partial charge is 0.407 e. The first-order valence-corrected chi connectivity index (χ1v) is 6.62. The summed E-state index contributed by atoms with van der Waals surface area (Å²) in [6.45, 7) is 2.31. The van der Waals surface area contributed by atoms with Gasteiger partial charge in [-0.3, -0.25) is 9.59 Å². The van der Waals surface area contributed by atoms with Gasteiger partial charge < -0.3 is 20.3 Å². The molecule has 7 nitrogen and oxygen atoms in total. The summed E-state index contributed by atoms with van der Waals surface area (Å²) in [6.07, 6.45) is 0.159. The molecule has 1 saturated heterocycles. The largest absolute Gasteiger partial charge is 0.453 e. The highest BCUT2D eigenvalue weighted by Crippen LogP contribution is 2.11. The van der Waals surface area contributed by atoms with E-state index in [-0.39, 0.29) is 23.6 Å². The van der Waals surface area contributed by atoms with Crippen LogP contribution in [0.5, 0.6) is 0 Å². The van der Waals surface area contributed by atoms with E-state index < -0.39 is 12.1 Å². The lowest BCUT2D eigenvalue weighted by atomic mass is 10.2. The van der Waals surface area contributed by atoms with Crippen LogP contribution in [-0.2, 0) is 14.3 Å². The Hall–Kier alpha value is -1.44. The van der Waals surface area contributed by atoms with E-state index in [9.17, 15) is 14.4 Å². The topological polar surface area (TPSA) is 87.7 Å². The van der Waals surface area contributed by atoms with Crippen molar-refractivity contribution >= 4 is 30.5 Å². The number of hydrogen-bond acceptors (Lipinski definition) is 5. The van der Waals surface area contributed by atoms with Crippen molar-refractivity contribution in [3.8, 4) is 0 Å². The number of methoxy groups -OCH3 is 1. The molecule has 2 unspecified atom stereocenters. The summed E-state index contributed by atoms with van der Waals surface area (Å²) in [5, 5.41) is 5.20. The molecule has 0 spiro atoms. The summed E-state index contributed by atoms with van der Waals surface area (Å²) in [7, 11) is 1.29. The van der Waals surface area contributed by atoms with Crippen molar-refractivity contribution < 1.29 is 19.1 Å². The Labute approximate surface area is 117 Å². The van der Waals surface area contributed by atoms with Gasteiger partial charge in [0, 0.05) is 25.8 Å². The fraction of sp³-hybridized carbons (Fsp3) is 0.727. The Balaban J connectivity index is 2.50. The minimum atomic E-state index is -0.627. The third kappa shape index (κ3) is 4.62. The molecule has 2 atom stereocenters. The quantitative estimate of drug-likeness (QED) is 0.602. The zero-order chi connectivity index (χ0) is 14.4. The molecular weight excluding hydrogens is 270 g/mol. The van der Waals surface area contributed by atoms with E-state index >= 15 is 0 Å². The average Bonchev–Trinajstić information content (AvgIpc) is 2.83. The van der Waals surface area contributed by atoms with Crippen molar-refractivity contribution in [1.29, 1.82) is 0 Å². The van der Waals surface area contributed by atoms with Crippen LogP contribution < -0.4 is 10.6 Å². The minimum Gasteiger partial charge on any atom is -0.453 e. The molecule has 0 aromatic rings. The van der Waals surface area contributed by atoms with Crippen molar-refractivity contribution in [2.75, 3.05) is 26.0 Å². The third-order valence-electron chi connectivity index (χ3n) is 2.87. The van der Waals surface area contributed by atoms with Crippen LogP contribution in [0.15, 0.2) is 0 Å². The molecule has 0 saturated carbocycles. The second-order valence-corrected chi connectivity index (χ2v) is 4.71. The first-order chi connectivity index (χ1) is 8.97. The summed E-state index contributed by atoms with van der Waals surface area (Å²) in [6, 6.07) is -0.744. The summed E-state index contributed by atoms with van der Waals surface area (Å²) in [4.78, 5) is 35.8. The Bertz CT molecular complexity index is 364. The molecule has 0 aliphatic carbocycles. The number of likely N-dealkylation sites (tertiary alicyclic amines) is 1. The van der Waals surface area contributed by atoms with E-state index in [4.69, 9.17) is 0 Å². The number of hydrogen-bond donors (Lipinski definition) is 3. The van der Waals surface area contributed by atoms with E-state index in [1.54, 1.807) is 4.90 Å². The number of thiol groups is 1. The van der Waals surface area contributed by atoms with Crippen LogP contribution >= 0.6 is 12.6 Å². The van der Waals surface area contributed by atoms with Gasteiger partial charge in [0.25, 0.3) is 0 Å². The molecule has 19 heavy (non-hydrogen) atoms. The van der Waals surface area contributed by atoms with E-state index in [1.165, 1.54) is 14.0 Å². The molecule has 1 fully saturated rings. The van der Waals surface area contributed by atoms with Gasteiger partial charge in [0.15, 0.2) is 0 Å². The van der Waals surface area contributed by atoms with E-state index in [2.05, 4.69) is 28.0 Å². The predicted octanol–water partition coefficient (Wildman–Crippen LogP) is -0.622. The van der Waals surface area contributed by atoms with Crippen LogP contribution in [-0.4, -0.2) is 60.8 Å². The molecule has 0 aromatic heterocycles. The van der Waals surface area contributed by atoms with Crippen molar-refractivity contribution in [3.63, 3.8) is 0 Å². The van der Waals surface area contributed by atoms with Gasteiger partial charge in [-0.25, -0.2) is 4.79 Å². The standard InChI is InChI=1S/C11H19N3O4S/c1-7(15)12-9(6-19)10(16)14-4-3-8(5-14)13-11(17)18-2/h8-9,19H,3-6H2,1-2H3,(H,12,15)(H,13,17). The number of nitrogens with zero attached hydrogens (tertiary/aromatic N) is 1. The van der Waals surface area contributed by atoms with Gasteiger partial charge in [0.05, 0.1) is 13.2 Å². The van der Waals surface area contributed by atoms with Gasteiger partial charge in [-0.2, -0.15) is 12.6 Å². The molecule has 108 valence electrons. The van der Waals surface area contributed by atoms with Crippen LogP contribution in [0.3, 0.4) is 0 Å². The third-order valence-corrected chi connectivity index (χ3v) is 3.23. The Morgan fingerprint density at radius 1 is 1.47 bits per heavy atom. The van der Waals surface area contributed by atoms with Crippen LogP contribution in [0.4, 0.5) is 4.79 Å². The lowest BCUT2D eigenvalue weighted by molar-refractivity contribution is -0.134. The summed E-state index contributed by atoms with van der Waals surface area (Å²) >= 11 is 4.06. The minimum absolute atomic E-state index is 0.116. The first-order valence-electron chi connectivity index (χ1n) is 5.99. The van der Waals surface area contributed by atoms with Gasteiger partial charge in [-0.05, 0) is 6.42 Å². The number of alkyl carbamates (subject to hydrolysis) is 1. The summed E-state index contributed by atoms with van der Waals surface area (Å²) in [5.74, 6) is -0.209. The molecule has 0 bridgehead atoms. The molecule has 8 heteroatoms. The number of ether oxygens (including phenoxy) is 1.